The molecule has 3 rings (SSSR count). The molecule has 10 heteroatoms. The molecule has 0 spiro atoms. The van der Waals surface area contributed by atoms with Crippen LogP contribution in [0.1, 0.15) is 17.3 Å². The third-order valence-corrected chi connectivity index (χ3v) is 6.89. The van der Waals surface area contributed by atoms with Crippen LogP contribution in [0.4, 0.5) is 8.78 Å². The summed E-state index contributed by atoms with van der Waals surface area (Å²) in [6.07, 6.45) is 1.93. The van der Waals surface area contributed by atoms with Crippen LogP contribution >= 0.6 is 28.3 Å². The molecule has 0 aliphatic carbocycles. The summed E-state index contributed by atoms with van der Waals surface area (Å²) in [7, 11) is -1.14. The zero-order valence-electron chi connectivity index (χ0n) is 17.2. The highest BCUT2D eigenvalue weighted by molar-refractivity contribution is 9.10. The molecular weight excluding hydrogens is 494 g/mol. The maximum atomic E-state index is 13.4. The van der Waals surface area contributed by atoms with Crippen LogP contribution in [-0.2, 0) is 17.9 Å². The van der Waals surface area contributed by atoms with Gasteiger partial charge in [0, 0.05) is 25.2 Å². The zero-order chi connectivity index (χ0) is 21.2. The molecule has 1 atom stereocenters. The molecule has 0 amide bonds. The molecule has 0 aliphatic rings. The van der Waals surface area contributed by atoms with Gasteiger partial charge in [0.25, 0.3) is 0 Å². The maximum Gasteiger partial charge on any atom is 0.140 e. The normalized spacial score (nSPS) is 12.8. The van der Waals surface area contributed by atoms with Gasteiger partial charge in [-0.3, -0.25) is 0 Å². The fraction of sp³-hybridized carbons (Fsp3) is 0.400. The first kappa shape index (κ1) is 24.9. The Morgan fingerprint density at radius 3 is 2.47 bits per heavy atom. The van der Waals surface area contributed by atoms with Crippen LogP contribution in [0.2, 0.25) is 25.7 Å². The van der Waals surface area contributed by atoms with Crippen LogP contribution < -0.4 is 5.73 Å². The Labute approximate surface area is 190 Å². The minimum atomic E-state index is -1.14. The molecule has 2 N–H and O–H groups in total. The Morgan fingerprint density at radius 2 is 1.83 bits per heavy atom. The quantitative estimate of drug-likeness (QED) is 0.317. The van der Waals surface area contributed by atoms with Gasteiger partial charge in [0.15, 0.2) is 0 Å². The highest BCUT2D eigenvalue weighted by Gasteiger charge is 2.17. The van der Waals surface area contributed by atoms with Gasteiger partial charge in [0.05, 0.1) is 23.4 Å². The third kappa shape index (κ3) is 6.55. The van der Waals surface area contributed by atoms with E-state index in [-0.39, 0.29) is 18.8 Å². The smallest absolute Gasteiger partial charge is 0.140 e. The predicted octanol–water partition coefficient (Wildman–Crippen LogP) is 5.45. The molecule has 1 aromatic carbocycles. The Morgan fingerprint density at radius 1 is 1.17 bits per heavy atom. The van der Waals surface area contributed by atoms with Crippen molar-refractivity contribution in [3.05, 3.63) is 57.8 Å². The van der Waals surface area contributed by atoms with E-state index in [9.17, 15) is 8.78 Å². The first-order valence-electron chi connectivity index (χ1n) is 9.42. The summed E-state index contributed by atoms with van der Waals surface area (Å²) >= 11 is 3.52. The van der Waals surface area contributed by atoms with Crippen LogP contribution in [-0.4, -0.2) is 29.4 Å². The molecule has 2 heterocycles. The van der Waals surface area contributed by atoms with E-state index < -0.39 is 25.8 Å². The number of benzene rings is 1. The van der Waals surface area contributed by atoms with Crippen LogP contribution in [0.25, 0.3) is 11.0 Å². The van der Waals surface area contributed by atoms with Crippen molar-refractivity contribution in [3.8, 4) is 0 Å². The molecule has 1 unspecified atom stereocenters. The average molecular weight is 520 g/mol. The molecule has 5 nitrogen and oxygen atoms in total. The maximum absolute atomic E-state index is 13.4. The van der Waals surface area contributed by atoms with Gasteiger partial charge in [-0.25, -0.2) is 18.4 Å². The number of halogens is 4. The van der Waals surface area contributed by atoms with E-state index in [1.165, 1.54) is 12.1 Å². The summed E-state index contributed by atoms with van der Waals surface area (Å²) in [6, 6.07) is 5.88. The molecule has 164 valence electrons. The number of nitrogens with zero attached hydrogens (tertiary/aromatic N) is 3. The molecule has 0 bridgehead atoms. The number of ether oxygens (including phenoxy) is 1. The molecule has 0 saturated heterocycles. The van der Waals surface area contributed by atoms with Gasteiger partial charge in [-0.05, 0) is 52.2 Å². The van der Waals surface area contributed by atoms with Crippen molar-refractivity contribution >= 4 is 47.4 Å². The number of aromatic nitrogens is 3. The van der Waals surface area contributed by atoms with E-state index >= 15 is 0 Å². The van der Waals surface area contributed by atoms with Crippen molar-refractivity contribution in [1.29, 1.82) is 0 Å². The highest BCUT2D eigenvalue weighted by atomic mass is 79.9. The van der Waals surface area contributed by atoms with Crippen LogP contribution in [0.15, 0.2) is 34.9 Å². The van der Waals surface area contributed by atoms with Crippen LogP contribution in [0.3, 0.4) is 0 Å². The molecule has 2 aromatic heterocycles. The van der Waals surface area contributed by atoms with E-state index in [4.69, 9.17) is 10.5 Å². The SMILES string of the molecule is C[Si](C)(C)CCOCn1ncc2nc(C(N)Cc3cc(F)cc(F)c3)c(Br)cc21.Cl. The van der Waals surface area contributed by atoms with Crippen LogP contribution in [0, 0.1) is 11.6 Å². The topological polar surface area (TPSA) is 66.0 Å². The zero-order valence-corrected chi connectivity index (χ0v) is 20.6. The molecular formula is C20H26BrClF2N4OSi. The van der Waals surface area contributed by atoms with E-state index in [0.717, 1.165) is 22.1 Å². The first-order chi connectivity index (χ1) is 13.6. The number of nitrogens with two attached hydrogens (primary N) is 1. The predicted molar refractivity (Wildman–Crippen MR) is 124 cm³/mol. The van der Waals surface area contributed by atoms with E-state index in [1.54, 1.807) is 10.9 Å². The van der Waals surface area contributed by atoms with Crippen molar-refractivity contribution in [1.82, 2.24) is 14.8 Å². The first-order valence-corrected chi connectivity index (χ1v) is 13.9. The molecule has 3 aromatic rings. The second-order valence-electron chi connectivity index (χ2n) is 8.34. The Balaban J connectivity index is 0.00000320. The standard InChI is InChI=1S/C20H25BrF2N4OSi.ClH/c1-29(2,3)5-4-28-12-27-19-10-16(21)20(26-18(19)11-25-27)17(24)8-13-6-14(22)9-15(23)7-13;/h6-7,9-11,17H,4-5,8,12,24H2,1-3H3;1H. The summed E-state index contributed by atoms with van der Waals surface area (Å²) in [5, 5.41) is 4.36. The molecule has 0 fully saturated rings. The van der Waals surface area contributed by atoms with Crippen molar-refractivity contribution in [3.63, 3.8) is 0 Å². The second-order valence-corrected chi connectivity index (χ2v) is 14.8. The van der Waals surface area contributed by atoms with Crippen molar-refractivity contribution in [2.75, 3.05) is 6.61 Å². The summed E-state index contributed by atoms with van der Waals surface area (Å²) in [5.41, 5.74) is 8.90. The lowest BCUT2D eigenvalue weighted by atomic mass is 10.0. The van der Waals surface area contributed by atoms with E-state index in [1.807, 2.05) is 6.07 Å². The van der Waals surface area contributed by atoms with Gasteiger partial charge in [-0.2, -0.15) is 5.10 Å². The van der Waals surface area contributed by atoms with Gasteiger partial charge in [0.2, 0.25) is 0 Å². The fourth-order valence-corrected chi connectivity index (χ4v) is 4.32. The largest absolute Gasteiger partial charge is 0.360 e. The molecule has 0 radical (unpaired) electrons. The Bertz CT molecular complexity index is 992. The van der Waals surface area contributed by atoms with E-state index in [0.29, 0.717) is 30.1 Å². The summed E-state index contributed by atoms with van der Waals surface area (Å²) < 4.78 is 35.1. The molecule has 30 heavy (non-hydrogen) atoms. The fourth-order valence-electron chi connectivity index (χ4n) is 2.97. The number of pyridine rings is 1. The van der Waals surface area contributed by atoms with Crippen LogP contribution in [0.5, 0.6) is 0 Å². The Kier molecular flexibility index (Phi) is 8.52. The Hall–Kier alpha value is -1.39. The van der Waals surface area contributed by atoms with Crippen molar-refractivity contribution < 1.29 is 13.5 Å². The van der Waals surface area contributed by atoms with Gasteiger partial charge in [0.1, 0.15) is 23.9 Å². The molecule has 0 saturated carbocycles. The number of hydrogen-bond donors (Lipinski definition) is 1. The van der Waals surface area contributed by atoms with Gasteiger partial charge < -0.3 is 10.5 Å². The lowest BCUT2D eigenvalue weighted by Gasteiger charge is -2.16. The minimum Gasteiger partial charge on any atom is -0.360 e. The summed E-state index contributed by atoms with van der Waals surface area (Å²) in [5.74, 6) is -1.24. The number of rotatable bonds is 8. The highest BCUT2D eigenvalue weighted by Crippen LogP contribution is 2.27. The van der Waals surface area contributed by atoms with Gasteiger partial charge in [-0.15, -0.1) is 12.4 Å². The van der Waals surface area contributed by atoms with Crippen molar-refractivity contribution in [2.24, 2.45) is 5.73 Å². The summed E-state index contributed by atoms with van der Waals surface area (Å²) in [4.78, 5) is 4.61. The summed E-state index contributed by atoms with van der Waals surface area (Å²) in [6.45, 7) is 7.99. The lowest BCUT2D eigenvalue weighted by molar-refractivity contribution is 0.0817. The lowest BCUT2D eigenvalue weighted by Crippen LogP contribution is -2.22. The monoisotopic (exact) mass is 518 g/mol. The second kappa shape index (κ2) is 10.3. The number of hydrogen-bond acceptors (Lipinski definition) is 4. The number of fused-ring (bicyclic) bond motifs is 1. The van der Waals surface area contributed by atoms with Gasteiger partial charge in [-0.1, -0.05) is 19.6 Å². The molecule has 0 aliphatic heterocycles. The van der Waals surface area contributed by atoms with Gasteiger partial charge >= 0.3 is 0 Å². The average Bonchev–Trinajstić information content (AvgIpc) is 2.98. The van der Waals surface area contributed by atoms with Crippen molar-refractivity contribution in [2.45, 2.75) is 44.9 Å². The van der Waals surface area contributed by atoms with E-state index in [2.05, 4.69) is 45.7 Å². The third-order valence-electron chi connectivity index (χ3n) is 4.55. The minimum absolute atomic E-state index is 0.